The molecule has 0 unspecified atom stereocenters. The number of carboxylic acids is 1. The van der Waals surface area contributed by atoms with Gasteiger partial charge in [-0.05, 0) is 18.1 Å². The van der Waals surface area contributed by atoms with Crippen molar-refractivity contribution >= 4 is 23.6 Å². The summed E-state index contributed by atoms with van der Waals surface area (Å²) >= 11 is 1.61. The highest BCUT2D eigenvalue weighted by atomic mass is 32.2. The molecule has 1 rings (SSSR count). The van der Waals surface area contributed by atoms with Crippen LogP contribution in [-0.4, -0.2) is 45.5 Å². The Kier molecular flexibility index (Phi) is 6.17. The third-order valence-corrected chi connectivity index (χ3v) is 4.97. The number of carbonyl (C=O) groups is 2. The first kappa shape index (κ1) is 16.3. The summed E-state index contributed by atoms with van der Waals surface area (Å²) in [7, 11) is 1.78. The number of hydrogen-bond donors (Lipinski definition) is 1. The Bertz CT molecular complexity index is 325. The molecule has 1 aliphatic rings. The van der Waals surface area contributed by atoms with Gasteiger partial charge in [0.1, 0.15) is 0 Å². The normalized spacial score (nSPS) is 18.3. The number of nitrogens with zero attached hydrogens (tertiary/aromatic N) is 1. The van der Waals surface area contributed by atoms with Crippen LogP contribution in [0.5, 0.6) is 0 Å². The second kappa shape index (κ2) is 7.17. The first-order valence-electron chi connectivity index (χ1n) is 6.97. The molecule has 0 bridgehead atoms. The van der Waals surface area contributed by atoms with E-state index in [9.17, 15) is 9.59 Å². The third-order valence-electron chi connectivity index (χ3n) is 3.89. The van der Waals surface area contributed by atoms with E-state index in [4.69, 9.17) is 5.11 Å². The van der Waals surface area contributed by atoms with E-state index in [1.807, 2.05) is 0 Å². The predicted molar refractivity (Wildman–Crippen MR) is 78.4 cm³/mol. The molecule has 1 N–H and O–H groups in total. The van der Waals surface area contributed by atoms with Crippen LogP contribution >= 0.6 is 11.8 Å². The second-order valence-electron chi connectivity index (χ2n) is 5.67. The van der Waals surface area contributed by atoms with E-state index >= 15 is 0 Å². The Hall–Kier alpha value is -0.710. The van der Waals surface area contributed by atoms with Crippen LogP contribution in [0.1, 0.15) is 52.4 Å². The zero-order chi connectivity index (χ0) is 14.5. The predicted octanol–water partition coefficient (Wildman–Crippen LogP) is 2.76. The van der Waals surface area contributed by atoms with Gasteiger partial charge in [0.2, 0.25) is 5.91 Å². The van der Waals surface area contributed by atoms with Gasteiger partial charge in [-0.25, -0.2) is 0 Å². The van der Waals surface area contributed by atoms with Crippen molar-refractivity contribution in [3.05, 3.63) is 0 Å². The lowest BCUT2D eigenvalue weighted by Gasteiger charge is -2.44. The quantitative estimate of drug-likeness (QED) is 0.816. The Balaban J connectivity index is 2.73. The van der Waals surface area contributed by atoms with Gasteiger partial charge in [-0.15, -0.1) is 11.8 Å². The summed E-state index contributed by atoms with van der Waals surface area (Å²) < 4.78 is 0. The van der Waals surface area contributed by atoms with Crippen LogP contribution < -0.4 is 0 Å². The van der Waals surface area contributed by atoms with Gasteiger partial charge in [0.05, 0.1) is 17.7 Å². The molecule has 0 aromatic rings. The lowest BCUT2D eigenvalue weighted by Crippen LogP contribution is -2.52. The molecule has 0 saturated heterocycles. The van der Waals surface area contributed by atoms with Gasteiger partial charge >= 0.3 is 5.97 Å². The number of amides is 1. The number of hydrogen-bond acceptors (Lipinski definition) is 3. The summed E-state index contributed by atoms with van der Waals surface area (Å²) in [6.07, 6.45) is 4.87. The molecule has 5 heteroatoms. The summed E-state index contributed by atoms with van der Waals surface area (Å²) in [6, 6.07) is 0. The van der Waals surface area contributed by atoms with Gasteiger partial charge < -0.3 is 10.0 Å². The van der Waals surface area contributed by atoms with Crippen LogP contribution in [0.4, 0.5) is 0 Å². The molecule has 1 aliphatic carbocycles. The maximum absolute atomic E-state index is 12.2. The van der Waals surface area contributed by atoms with E-state index < -0.39 is 11.5 Å². The van der Waals surface area contributed by atoms with E-state index in [1.54, 1.807) is 23.7 Å². The van der Waals surface area contributed by atoms with Crippen molar-refractivity contribution in [2.75, 3.05) is 12.8 Å². The maximum Gasteiger partial charge on any atom is 0.305 e. The Morgan fingerprint density at radius 2 is 1.84 bits per heavy atom. The minimum Gasteiger partial charge on any atom is -0.481 e. The average molecular weight is 287 g/mol. The molecule has 0 aromatic carbocycles. The van der Waals surface area contributed by atoms with Crippen LogP contribution in [0.25, 0.3) is 0 Å². The van der Waals surface area contributed by atoms with Gasteiger partial charge in [0.25, 0.3) is 0 Å². The van der Waals surface area contributed by atoms with E-state index in [-0.39, 0.29) is 12.3 Å². The number of carboxylic acid groups (broad SMARTS) is 1. The number of carbonyl (C=O) groups excluding carboxylic acids is 1. The molecule has 0 aromatic heterocycles. The van der Waals surface area contributed by atoms with Gasteiger partial charge in [-0.1, -0.05) is 33.1 Å². The van der Waals surface area contributed by atoms with E-state index in [1.165, 1.54) is 0 Å². The second-order valence-corrected chi connectivity index (χ2v) is 7.23. The smallest absolute Gasteiger partial charge is 0.305 e. The molecule has 1 amide bonds. The minimum atomic E-state index is -0.807. The monoisotopic (exact) mass is 287 g/mol. The largest absolute Gasteiger partial charge is 0.481 e. The van der Waals surface area contributed by atoms with Crippen molar-refractivity contribution in [2.45, 2.75) is 63.2 Å². The molecule has 1 fully saturated rings. The highest BCUT2D eigenvalue weighted by Crippen LogP contribution is 2.36. The standard InChI is InChI=1S/C14H25NO3S/c1-11(2)19-10-12(16)15(3)14(9-13(17)18)7-5-4-6-8-14/h11H,4-10H2,1-3H3,(H,17,18). The molecule has 0 heterocycles. The maximum atomic E-state index is 12.2. The van der Waals surface area contributed by atoms with E-state index in [0.29, 0.717) is 11.0 Å². The van der Waals surface area contributed by atoms with Crippen LogP contribution in [0.3, 0.4) is 0 Å². The summed E-state index contributed by atoms with van der Waals surface area (Å²) in [5, 5.41) is 9.55. The topological polar surface area (TPSA) is 57.6 Å². The van der Waals surface area contributed by atoms with Gasteiger partial charge in [-0.3, -0.25) is 9.59 Å². The molecule has 19 heavy (non-hydrogen) atoms. The highest BCUT2D eigenvalue weighted by Gasteiger charge is 2.40. The van der Waals surface area contributed by atoms with Crippen molar-refractivity contribution in [3.8, 4) is 0 Å². The fourth-order valence-electron chi connectivity index (χ4n) is 2.72. The molecular formula is C14H25NO3S. The Morgan fingerprint density at radius 3 is 2.32 bits per heavy atom. The molecule has 0 spiro atoms. The first-order chi connectivity index (χ1) is 8.87. The molecule has 4 nitrogen and oxygen atoms in total. The fourth-order valence-corrected chi connectivity index (χ4v) is 3.39. The van der Waals surface area contributed by atoms with Crippen molar-refractivity contribution in [1.82, 2.24) is 4.90 Å². The highest BCUT2D eigenvalue weighted by molar-refractivity contribution is 8.00. The average Bonchev–Trinajstić information content (AvgIpc) is 2.35. The SMILES string of the molecule is CC(C)SCC(=O)N(C)C1(CC(=O)O)CCCCC1. The van der Waals surface area contributed by atoms with Gasteiger partial charge in [-0.2, -0.15) is 0 Å². The Labute approximate surface area is 119 Å². The zero-order valence-corrected chi connectivity index (χ0v) is 13.0. The summed E-state index contributed by atoms with van der Waals surface area (Å²) in [4.78, 5) is 25.1. The number of aliphatic carboxylic acids is 1. The molecule has 0 atom stereocenters. The molecular weight excluding hydrogens is 262 g/mol. The third kappa shape index (κ3) is 4.71. The minimum absolute atomic E-state index is 0.0573. The Morgan fingerprint density at radius 1 is 1.26 bits per heavy atom. The molecule has 0 radical (unpaired) electrons. The van der Waals surface area contributed by atoms with Crippen LogP contribution in [0.2, 0.25) is 0 Å². The molecule has 110 valence electrons. The summed E-state index contributed by atoms with van der Waals surface area (Å²) in [6.45, 7) is 4.12. The van der Waals surface area contributed by atoms with Crippen molar-refractivity contribution < 1.29 is 14.7 Å². The fraction of sp³-hybridized carbons (Fsp3) is 0.857. The van der Waals surface area contributed by atoms with Crippen molar-refractivity contribution in [2.24, 2.45) is 0 Å². The van der Waals surface area contributed by atoms with Gasteiger partial charge in [0.15, 0.2) is 0 Å². The van der Waals surface area contributed by atoms with Crippen molar-refractivity contribution in [1.29, 1.82) is 0 Å². The van der Waals surface area contributed by atoms with Crippen LogP contribution in [0.15, 0.2) is 0 Å². The van der Waals surface area contributed by atoms with Crippen LogP contribution in [0, 0.1) is 0 Å². The summed E-state index contributed by atoms with van der Waals surface area (Å²) in [5.74, 6) is -0.310. The van der Waals surface area contributed by atoms with Crippen molar-refractivity contribution in [3.63, 3.8) is 0 Å². The van der Waals surface area contributed by atoms with Gasteiger partial charge in [0, 0.05) is 7.05 Å². The van der Waals surface area contributed by atoms with Crippen LogP contribution in [-0.2, 0) is 9.59 Å². The first-order valence-corrected chi connectivity index (χ1v) is 8.02. The number of rotatable bonds is 6. The lowest BCUT2D eigenvalue weighted by atomic mass is 9.78. The number of thioether (sulfide) groups is 1. The lowest BCUT2D eigenvalue weighted by molar-refractivity contribution is -0.144. The summed E-state index contributed by atoms with van der Waals surface area (Å²) in [5.41, 5.74) is -0.460. The molecule has 0 aliphatic heterocycles. The molecule has 1 saturated carbocycles. The zero-order valence-electron chi connectivity index (χ0n) is 12.1. The van der Waals surface area contributed by atoms with E-state index in [0.717, 1.165) is 32.1 Å². The van der Waals surface area contributed by atoms with E-state index in [2.05, 4.69) is 13.8 Å².